The summed E-state index contributed by atoms with van der Waals surface area (Å²) in [6.45, 7) is 8.22. The Hall–Kier alpha value is -1.59. The summed E-state index contributed by atoms with van der Waals surface area (Å²) in [7, 11) is 0. The number of nitrogens with zero attached hydrogens (tertiary/aromatic N) is 1. The maximum Gasteiger partial charge on any atom is 0.317 e. The Kier molecular flexibility index (Phi) is 10.3. The lowest BCUT2D eigenvalue weighted by atomic mass is 10.0. The summed E-state index contributed by atoms with van der Waals surface area (Å²) in [6, 6.07) is 7.60. The van der Waals surface area contributed by atoms with Crippen molar-refractivity contribution in [3.63, 3.8) is 0 Å². The lowest BCUT2D eigenvalue weighted by Crippen LogP contribution is -2.47. The van der Waals surface area contributed by atoms with Crippen molar-refractivity contribution in [3.05, 3.63) is 35.4 Å². The Balaban J connectivity index is 0.00000529. The average molecular weight is 357 g/mol. The van der Waals surface area contributed by atoms with Crippen LogP contribution in [-0.2, 0) is 16.0 Å². The Morgan fingerprint density at radius 3 is 2.21 bits per heavy atom. The molecule has 1 rings (SSSR count). The molecule has 0 fully saturated rings. The second-order valence-corrected chi connectivity index (χ2v) is 5.87. The van der Waals surface area contributed by atoms with E-state index in [-0.39, 0.29) is 30.9 Å². The molecule has 1 aromatic carbocycles. The van der Waals surface area contributed by atoms with Crippen LogP contribution in [0.25, 0.3) is 0 Å². The van der Waals surface area contributed by atoms with Gasteiger partial charge in [0, 0.05) is 0 Å². The van der Waals surface area contributed by atoms with Crippen LogP contribution in [0.5, 0.6) is 0 Å². The van der Waals surface area contributed by atoms with Crippen molar-refractivity contribution in [2.45, 2.75) is 52.6 Å². The lowest BCUT2D eigenvalue weighted by Gasteiger charge is -2.27. The Labute approximate surface area is 150 Å². The Bertz CT molecular complexity index is 520. The minimum Gasteiger partial charge on any atom is -0.480 e. The molecule has 1 amide bonds. The summed E-state index contributed by atoms with van der Waals surface area (Å²) in [5.74, 6) is -1.06. The number of carbonyl (C=O) groups is 2. The molecule has 6 heteroatoms. The predicted molar refractivity (Wildman–Crippen MR) is 98.6 cm³/mol. The number of amides is 1. The zero-order valence-electron chi connectivity index (χ0n) is 14.9. The zero-order valence-corrected chi connectivity index (χ0v) is 15.7. The van der Waals surface area contributed by atoms with E-state index in [2.05, 4.69) is 24.4 Å². The molecule has 0 radical (unpaired) electrons. The van der Waals surface area contributed by atoms with E-state index in [1.54, 1.807) is 11.8 Å². The first-order valence-electron chi connectivity index (χ1n) is 8.24. The fourth-order valence-corrected chi connectivity index (χ4v) is 2.50. The van der Waals surface area contributed by atoms with Gasteiger partial charge >= 0.3 is 5.97 Å². The van der Waals surface area contributed by atoms with E-state index in [9.17, 15) is 9.59 Å². The summed E-state index contributed by atoms with van der Waals surface area (Å²) in [5.41, 5.74) is 2.30. The number of hydrogen-bond acceptors (Lipinski definition) is 3. The molecule has 0 heterocycles. The van der Waals surface area contributed by atoms with Crippen LogP contribution in [0.15, 0.2) is 24.3 Å². The SMILES string of the molecule is CCCN(CC(=O)O)C(C)C(=O)NC(C)c1ccc(CC)cc1.Cl. The Morgan fingerprint density at radius 2 is 1.75 bits per heavy atom. The first-order chi connectivity index (χ1) is 10.9. The number of rotatable bonds is 9. The van der Waals surface area contributed by atoms with Gasteiger partial charge in [-0.05, 0) is 44.4 Å². The highest BCUT2D eigenvalue weighted by atomic mass is 35.5. The smallest absolute Gasteiger partial charge is 0.317 e. The zero-order chi connectivity index (χ0) is 17.4. The maximum atomic E-state index is 12.4. The topological polar surface area (TPSA) is 69.6 Å². The van der Waals surface area contributed by atoms with Crippen molar-refractivity contribution in [2.24, 2.45) is 0 Å². The molecule has 1 aromatic rings. The van der Waals surface area contributed by atoms with Crippen LogP contribution >= 0.6 is 12.4 Å². The molecular formula is C18H29ClN2O3. The molecule has 0 aliphatic rings. The number of aryl methyl sites for hydroxylation is 1. The number of carboxylic acids is 1. The van der Waals surface area contributed by atoms with Crippen molar-refractivity contribution in [2.75, 3.05) is 13.1 Å². The van der Waals surface area contributed by atoms with Crippen LogP contribution in [0.4, 0.5) is 0 Å². The first kappa shape index (κ1) is 22.4. The molecule has 0 aliphatic heterocycles. The fraction of sp³-hybridized carbons (Fsp3) is 0.556. The van der Waals surface area contributed by atoms with Crippen LogP contribution in [0, 0.1) is 0 Å². The molecule has 2 unspecified atom stereocenters. The quantitative estimate of drug-likeness (QED) is 0.713. The van der Waals surface area contributed by atoms with Gasteiger partial charge < -0.3 is 10.4 Å². The largest absolute Gasteiger partial charge is 0.480 e. The molecule has 5 nitrogen and oxygen atoms in total. The molecule has 0 aliphatic carbocycles. The van der Waals surface area contributed by atoms with Gasteiger partial charge in [0.1, 0.15) is 0 Å². The average Bonchev–Trinajstić information content (AvgIpc) is 2.53. The number of carboxylic acid groups (broad SMARTS) is 1. The van der Waals surface area contributed by atoms with Crippen LogP contribution in [0.3, 0.4) is 0 Å². The molecule has 0 aromatic heterocycles. The van der Waals surface area contributed by atoms with Crippen LogP contribution < -0.4 is 5.32 Å². The van der Waals surface area contributed by atoms with E-state index in [1.165, 1.54) is 5.56 Å². The van der Waals surface area contributed by atoms with Gasteiger partial charge in [-0.2, -0.15) is 0 Å². The molecule has 0 saturated carbocycles. The molecule has 136 valence electrons. The van der Waals surface area contributed by atoms with E-state index < -0.39 is 12.0 Å². The predicted octanol–water partition coefficient (Wildman–Crippen LogP) is 3.03. The number of benzene rings is 1. The van der Waals surface area contributed by atoms with Gasteiger partial charge in [0.15, 0.2) is 0 Å². The van der Waals surface area contributed by atoms with Gasteiger partial charge in [0.25, 0.3) is 0 Å². The van der Waals surface area contributed by atoms with Crippen molar-refractivity contribution < 1.29 is 14.7 Å². The Morgan fingerprint density at radius 1 is 1.17 bits per heavy atom. The van der Waals surface area contributed by atoms with E-state index in [0.717, 1.165) is 18.4 Å². The molecule has 2 N–H and O–H groups in total. The molecule has 0 spiro atoms. The van der Waals surface area contributed by atoms with Crippen molar-refractivity contribution in [1.82, 2.24) is 10.2 Å². The minimum absolute atomic E-state index is 0. The lowest BCUT2D eigenvalue weighted by molar-refractivity contribution is -0.139. The van der Waals surface area contributed by atoms with Crippen molar-refractivity contribution in [3.8, 4) is 0 Å². The highest BCUT2D eigenvalue weighted by Gasteiger charge is 2.23. The normalized spacial score (nSPS) is 13.0. The number of nitrogens with one attached hydrogen (secondary N) is 1. The van der Waals surface area contributed by atoms with Crippen LogP contribution in [0.2, 0.25) is 0 Å². The highest BCUT2D eigenvalue weighted by Crippen LogP contribution is 2.14. The van der Waals surface area contributed by atoms with E-state index in [0.29, 0.717) is 6.54 Å². The third-order valence-electron chi connectivity index (χ3n) is 4.02. The molecule has 0 saturated heterocycles. The van der Waals surface area contributed by atoms with Gasteiger partial charge in [0.2, 0.25) is 5.91 Å². The number of carbonyl (C=O) groups excluding carboxylic acids is 1. The minimum atomic E-state index is -0.915. The third-order valence-corrected chi connectivity index (χ3v) is 4.02. The summed E-state index contributed by atoms with van der Waals surface area (Å²) >= 11 is 0. The van der Waals surface area contributed by atoms with Gasteiger partial charge in [-0.15, -0.1) is 12.4 Å². The second kappa shape index (κ2) is 11.0. The summed E-state index contributed by atoms with van der Waals surface area (Å²) in [5, 5.41) is 11.9. The second-order valence-electron chi connectivity index (χ2n) is 5.87. The molecule has 0 bridgehead atoms. The van der Waals surface area contributed by atoms with Crippen molar-refractivity contribution in [1.29, 1.82) is 0 Å². The third kappa shape index (κ3) is 6.89. The highest BCUT2D eigenvalue weighted by molar-refractivity contribution is 5.85. The fourth-order valence-electron chi connectivity index (χ4n) is 2.50. The van der Waals surface area contributed by atoms with Crippen molar-refractivity contribution >= 4 is 24.3 Å². The number of aliphatic carboxylic acids is 1. The standard InChI is InChI=1S/C18H28N2O3.ClH/c1-5-11-20(12-17(21)22)14(4)18(23)19-13(3)16-9-7-15(6-2)8-10-16;/h7-10,13-14H,5-6,11-12H2,1-4H3,(H,19,23)(H,21,22);1H. The van der Waals surface area contributed by atoms with Gasteiger partial charge in [-0.25, -0.2) is 0 Å². The summed E-state index contributed by atoms with van der Waals surface area (Å²) < 4.78 is 0. The maximum absolute atomic E-state index is 12.4. The van der Waals surface area contributed by atoms with Gasteiger partial charge in [-0.3, -0.25) is 14.5 Å². The van der Waals surface area contributed by atoms with Crippen LogP contribution in [0.1, 0.15) is 51.3 Å². The number of halogens is 1. The summed E-state index contributed by atoms with van der Waals surface area (Å²) in [6.07, 6.45) is 1.79. The van der Waals surface area contributed by atoms with Crippen LogP contribution in [-0.4, -0.2) is 41.0 Å². The summed E-state index contributed by atoms with van der Waals surface area (Å²) in [4.78, 5) is 25.0. The van der Waals surface area contributed by atoms with E-state index >= 15 is 0 Å². The van der Waals surface area contributed by atoms with Gasteiger partial charge in [-0.1, -0.05) is 38.1 Å². The van der Waals surface area contributed by atoms with E-state index in [4.69, 9.17) is 5.11 Å². The monoisotopic (exact) mass is 356 g/mol. The molecule has 24 heavy (non-hydrogen) atoms. The molecular weight excluding hydrogens is 328 g/mol. The molecule has 2 atom stereocenters. The van der Waals surface area contributed by atoms with Gasteiger partial charge in [0.05, 0.1) is 18.6 Å². The number of hydrogen-bond donors (Lipinski definition) is 2. The first-order valence-corrected chi connectivity index (χ1v) is 8.24. The van der Waals surface area contributed by atoms with E-state index in [1.807, 2.05) is 26.0 Å².